The van der Waals surface area contributed by atoms with Crippen LogP contribution in [0.4, 0.5) is 5.00 Å². The average Bonchev–Trinajstić information content (AvgIpc) is 3.10. The number of amides is 1. The maximum atomic E-state index is 12.3. The Morgan fingerprint density at radius 3 is 2.44 bits per heavy atom. The molecule has 0 radical (unpaired) electrons. The van der Waals surface area contributed by atoms with E-state index in [9.17, 15) is 9.59 Å². The Morgan fingerprint density at radius 2 is 1.78 bits per heavy atom. The van der Waals surface area contributed by atoms with Crippen molar-refractivity contribution in [1.82, 2.24) is 0 Å². The summed E-state index contributed by atoms with van der Waals surface area (Å²) in [6.07, 6.45) is 3.14. The van der Waals surface area contributed by atoms with Crippen molar-refractivity contribution >= 4 is 45.9 Å². The van der Waals surface area contributed by atoms with Gasteiger partial charge in [0.2, 0.25) is 5.91 Å². The third kappa shape index (κ3) is 4.64. The van der Waals surface area contributed by atoms with E-state index in [2.05, 4.69) is 5.32 Å². The van der Waals surface area contributed by atoms with E-state index in [0.717, 1.165) is 11.1 Å². The van der Waals surface area contributed by atoms with Gasteiger partial charge < -0.3 is 10.1 Å². The first-order chi connectivity index (χ1) is 13.1. The lowest BCUT2D eigenvalue weighted by atomic mass is 10.0. The van der Waals surface area contributed by atoms with Gasteiger partial charge in [0.25, 0.3) is 0 Å². The number of carbonyl (C=O) groups excluding carboxylic acids is 2. The second-order valence-corrected chi connectivity index (χ2v) is 6.90. The van der Waals surface area contributed by atoms with Crippen molar-refractivity contribution in [3.8, 4) is 11.1 Å². The van der Waals surface area contributed by atoms with Crippen molar-refractivity contribution in [2.75, 3.05) is 12.4 Å². The van der Waals surface area contributed by atoms with Crippen LogP contribution in [0.25, 0.3) is 17.2 Å². The third-order valence-corrected chi connectivity index (χ3v) is 4.95. The van der Waals surface area contributed by atoms with Crippen molar-refractivity contribution in [2.45, 2.75) is 0 Å². The summed E-state index contributed by atoms with van der Waals surface area (Å²) in [4.78, 5) is 24.6. The average molecular weight is 398 g/mol. The van der Waals surface area contributed by atoms with E-state index in [0.29, 0.717) is 21.2 Å². The van der Waals surface area contributed by atoms with E-state index >= 15 is 0 Å². The van der Waals surface area contributed by atoms with E-state index in [-0.39, 0.29) is 5.91 Å². The summed E-state index contributed by atoms with van der Waals surface area (Å²) < 4.78 is 4.90. The molecule has 0 unspecified atom stereocenters. The van der Waals surface area contributed by atoms with E-state index in [1.165, 1.54) is 24.5 Å². The van der Waals surface area contributed by atoms with Crippen LogP contribution in [0.1, 0.15) is 15.9 Å². The van der Waals surface area contributed by atoms with Crippen LogP contribution < -0.4 is 5.32 Å². The molecule has 0 fully saturated rings. The molecule has 3 rings (SSSR count). The van der Waals surface area contributed by atoms with Crippen molar-refractivity contribution in [2.24, 2.45) is 0 Å². The molecular weight excluding hydrogens is 382 g/mol. The molecule has 136 valence electrons. The lowest BCUT2D eigenvalue weighted by Gasteiger charge is -2.07. The molecule has 0 bridgehead atoms. The minimum Gasteiger partial charge on any atom is -0.465 e. The van der Waals surface area contributed by atoms with Gasteiger partial charge >= 0.3 is 5.97 Å². The normalized spacial score (nSPS) is 10.7. The van der Waals surface area contributed by atoms with Crippen molar-refractivity contribution in [3.05, 3.63) is 82.2 Å². The Morgan fingerprint density at radius 1 is 1.07 bits per heavy atom. The zero-order chi connectivity index (χ0) is 19.2. The number of thiophene rings is 1. The number of anilines is 1. The van der Waals surface area contributed by atoms with Crippen molar-refractivity contribution in [3.63, 3.8) is 0 Å². The fraction of sp³-hybridized carbons (Fsp3) is 0.0476. The molecule has 1 amide bonds. The molecule has 0 saturated carbocycles. The van der Waals surface area contributed by atoms with Gasteiger partial charge in [-0.25, -0.2) is 4.79 Å². The van der Waals surface area contributed by atoms with Crippen LogP contribution in [0.3, 0.4) is 0 Å². The third-order valence-electron chi connectivity index (χ3n) is 3.80. The second-order valence-electron chi connectivity index (χ2n) is 5.59. The van der Waals surface area contributed by atoms with Gasteiger partial charge in [0.05, 0.1) is 7.11 Å². The molecule has 0 aliphatic rings. The van der Waals surface area contributed by atoms with Gasteiger partial charge in [-0.2, -0.15) is 0 Å². The van der Waals surface area contributed by atoms with Gasteiger partial charge in [-0.05, 0) is 29.3 Å². The van der Waals surface area contributed by atoms with E-state index in [1.807, 2.05) is 47.8 Å². The van der Waals surface area contributed by atoms with E-state index in [1.54, 1.807) is 18.2 Å². The molecule has 0 aliphatic carbocycles. The Labute approximate surface area is 166 Å². The minimum absolute atomic E-state index is 0.325. The smallest absolute Gasteiger partial charge is 0.341 e. The lowest BCUT2D eigenvalue weighted by Crippen LogP contribution is -2.11. The number of halogens is 1. The zero-order valence-corrected chi connectivity index (χ0v) is 16.0. The summed E-state index contributed by atoms with van der Waals surface area (Å²) in [6.45, 7) is 0. The number of carbonyl (C=O) groups is 2. The predicted molar refractivity (Wildman–Crippen MR) is 110 cm³/mol. The van der Waals surface area contributed by atoms with E-state index in [4.69, 9.17) is 16.3 Å². The standard InChI is InChI=1S/C21H16ClNO3S/c1-26-21(25)19-17(15-8-10-16(22)11-9-15)13-27-20(19)23-18(24)12-7-14-5-3-2-4-6-14/h2-13H,1H3,(H,23,24)/b12-7+. The molecule has 6 heteroatoms. The number of ether oxygens (including phenoxy) is 1. The number of benzene rings is 2. The highest BCUT2D eigenvalue weighted by atomic mass is 35.5. The minimum atomic E-state index is -0.511. The fourth-order valence-electron chi connectivity index (χ4n) is 2.49. The molecule has 1 aromatic heterocycles. The van der Waals surface area contributed by atoms with Gasteiger partial charge in [-0.1, -0.05) is 54.1 Å². The second kappa shape index (κ2) is 8.66. The summed E-state index contributed by atoms with van der Waals surface area (Å²) in [6, 6.07) is 16.6. The maximum absolute atomic E-state index is 12.3. The number of esters is 1. The summed E-state index contributed by atoms with van der Waals surface area (Å²) in [7, 11) is 1.31. The lowest BCUT2D eigenvalue weighted by molar-refractivity contribution is -0.111. The van der Waals surface area contributed by atoms with Crippen LogP contribution in [-0.2, 0) is 9.53 Å². The molecule has 0 aliphatic heterocycles. The monoisotopic (exact) mass is 397 g/mol. The van der Waals surface area contributed by atoms with Crippen molar-refractivity contribution < 1.29 is 14.3 Å². The number of nitrogens with one attached hydrogen (secondary N) is 1. The summed E-state index contributed by atoms with van der Waals surface area (Å²) >= 11 is 7.20. The molecule has 0 spiro atoms. The molecule has 27 heavy (non-hydrogen) atoms. The molecule has 3 aromatic rings. The van der Waals surface area contributed by atoms with Gasteiger partial charge in [-0.3, -0.25) is 4.79 Å². The number of hydrogen-bond donors (Lipinski definition) is 1. The Balaban J connectivity index is 1.87. The number of methoxy groups -OCH3 is 1. The van der Waals surface area contributed by atoms with Gasteiger partial charge in [0.1, 0.15) is 10.6 Å². The molecule has 0 atom stereocenters. The van der Waals surface area contributed by atoms with Crippen LogP contribution in [0, 0.1) is 0 Å². The number of hydrogen-bond acceptors (Lipinski definition) is 4. The highest BCUT2D eigenvalue weighted by Crippen LogP contribution is 2.36. The molecule has 2 aromatic carbocycles. The van der Waals surface area contributed by atoms with Gasteiger partial charge in [0.15, 0.2) is 0 Å². The van der Waals surface area contributed by atoms with Crippen LogP contribution in [0.2, 0.25) is 5.02 Å². The van der Waals surface area contributed by atoms with Gasteiger partial charge in [-0.15, -0.1) is 11.3 Å². The first kappa shape index (κ1) is 18.9. The van der Waals surface area contributed by atoms with E-state index < -0.39 is 5.97 Å². The van der Waals surface area contributed by atoms with Gasteiger partial charge in [0, 0.05) is 22.0 Å². The SMILES string of the molecule is COC(=O)c1c(-c2ccc(Cl)cc2)csc1NC(=O)/C=C/c1ccccc1. The van der Waals surface area contributed by atoms with Crippen LogP contribution >= 0.6 is 22.9 Å². The largest absolute Gasteiger partial charge is 0.465 e. The quantitative estimate of drug-likeness (QED) is 0.456. The first-order valence-electron chi connectivity index (χ1n) is 8.08. The van der Waals surface area contributed by atoms with Crippen molar-refractivity contribution in [1.29, 1.82) is 0 Å². The molecule has 0 saturated heterocycles. The Bertz CT molecular complexity index is 978. The predicted octanol–water partition coefficient (Wildman–Crippen LogP) is 5.51. The van der Waals surface area contributed by atoms with Crippen LogP contribution in [0.5, 0.6) is 0 Å². The van der Waals surface area contributed by atoms with Crippen LogP contribution in [-0.4, -0.2) is 19.0 Å². The van der Waals surface area contributed by atoms with Crippen LogP contribution in [0.15, 0.2) is 66.1 Å². The summed E-state index contributed by atoms with van der Waals surface area (Å²) in [5.41, 5.74) is 2.74. The molecule has 1 heterocycles. The fourth-order valence-corrected chi connectivity index (χ4v) is 3.57. The maximum Gasteiger partial charge on any atom is 0.341 e. The summed E-state index contributed by atoms with van der Waals surface area (Å²) in [5.74, 6) is -0.836. The zero-order valence-electron chi connectivity index (χ0n) is 14.4. The molecule has 4 nitrogen and oxygen atoms in total. The highest BCUT2D eigenvalue weighted by Gasteiger charge is 2.21. The first-order valence-corrected chi connectivity index (χ1v) is 9.34. The number of rotatable bonds is 5. The molecular formula is C21H16ClNO3S. The Hall–Kier alpha value is -2.89. The Kier molecular flexibility index (Phi) is 6.06. The molecule has 1 N–H and O–H groups in total. The summed E-state index contributed by atoms with van der Waals surface area (Å²) in [5, 5.41) is 5.62. The highest BCUT2D eigenvalue weighted by molar-refractivity contribution is 7.15. The topological polar surface area (TPSA) is 55.4 Å².